The van der Waals surface area contributed by atoms with Crippen LogP contribution >= 0.6 is 54.5 Å². The minimum absolute atomic E-state index is 0.148. The molecule has 0 fully saturated rings. The Morgan fingerprint density at radius 3 is 2.18 bits per heavy atom. The fourth-order valence-corrected chi connectivity index (χ4v) is 3.67. The lowest BCUT2D eigenvalue weighted by molar-refractivity contribution is 0.594. The van der Waals surface area contributed by atoms with E-state index < -0.39 is 0 Å². The Balaban J connectivity index is 1.79. The molecule has 2 aromatic rings. The van der Waals surface area contributed by atoms with E-state index in [0.29, 0.717) is 3.57 Å². The lowest BCUT2D eigenvalue weighted by Crippen LogP contribution is -1.94. The van der Waals surface area contributed by atoms with Gasteiger partial charge in [0, 0.05) is 12.5 Å². The minimum Gasteiger partial charge on any atom is -0.207 e. The third kappa shape index (κ3) is 5.27. The van der Waals surface area contributed by atoms with Gasteiger partial charge in [-0.1, -0.05) is 44.3 Å². The van der Waals surface area contributed by atoms with E-state index in [1.54, 1.807) is 0 Å². The molecular formula is C17H15Br2F2I. The minimum atomic E-state index is -0.193. The Morgan fingerprint density at radius 1 is 0.818 bits per heavy atom. The van der Waals surface area contributed by atoms with E-state index in [-0.39, 0.29) is 11.6 Å². The molecule has 0 heterocycles. The van der Waals surface area contributed by atoms with Crippen molar-refractivity contribution in [3.05, 3.63) is 65.6 Å². The molecule has 2 rings (SSSR count). The summed E-state index contributed by atoms with van der Waals surface area (Å²) in [7, 11) is 0. The van der Waals surface area contributed by atoms with Crippen molar-refractivity contribution in [1.29, 1.82) is 0 Å². The second-order valence-corrected chi connectivity index (χ2v) is 8.09. The molecule has 0 N–H and O–H groups in total. The Labute approximate surface area is 160 Å². The van der Waals surface area contributed by atoms with Crippen LogP contribution < -0.4 is 0 Å². The standard InChI is InChI=1S/C17H15Br2F2I/c18-13-7-6-11(15(20)9-13)4-2-1-3-5-12-8-17(22)16(21)10-14(12)19/h6-10H,1-5H2. The molecule has 0 aromatic heterocycles. The molecular weight excluding hydrogens is 529 g/mol. The van der Waals surface area contributed by atoms with Gasteiger partial charge in [-0.25, -0.2) is 8.78 Å². The first-order chi connectivity index (χ1) is 10.5. The van der Waals surface area contributed by atoms with Crippen molar-refractivity contribution in [3.8, 4) is 0 Å². The van der Waals surface area contributed by atoms with Crippen LogP contribution in [0.5, 0.6) is 0 Å². The molecule has 0 aliphatic carbocycles. The maximum absolute atomic E-state index is 13.7. The third-order valence-electron chi connectivity index (χ3n) is 3.50. The maximum Gasteiger partial charge on any atom is 0.137 e. The molecule has 0 saturated heterocycles. The molecule has 0 spiro atoms. The summed E-state index contributed by atoms with van der Waals surface area (Å²) in [6, 6.07) is 8.61. The lowest BCUT2D eigenvalue weighted by Gasteiger charge is -2.07. The number of aryl methyl sites for hydroxylation is 2. The van der Waals surface area contributed by atoms with Crippen LogP contribution in [0.1, 0.15) is 30.4 Å². The molecule has 0 nitrogen and oxygen atoms in total. The molecule has 0 atom stereocenters. The molecule has 22 heavy (non-hydrogen) atoms. The van der Waals surface area contributed by atoms with E-state index in [4.69, 9.17) is 0 Å². The molecule has 0 bridgehead atoms. The summed E-state index contributed by atoms with van der Waals surface area (Å²) in [5.41, 5.74) is 1.89. The average Bonchev–Trinajstić information content (AvgIpc) is 2.46. The fourth-order valence-electron chi connectivity index (χ4n) is 2.29. The van der Waals surface area contributed by atoms with E-state index >= 15 is 0 Å². The van der Waals surface area contributed by atoms with E-state index in [2.05, 4.69) is 31.9 Å². The van der Waals surface area contributed by atoms with Crippen LogP contribution in [0.25, 0.3) is 0 Å². The highest BCUT2D eigenvalue weighted by atomic mass is 127. The van der Waals surface area contributed by atoms with Gasteiger partial charge < -0.3 is 0 Å². The number of hydrogen-bond donors (Lipinski definition) is 0. The second kappa shape index (κ2) is 8.73. The molecule has 0 aliphatic heterocycles. The molecule has 5 heteroatoms. The van der Waals surface area contributed by atoms with Gasteiger partial charge in [-0.2, -0.15) is 0 Å². The summed E-state index contributed by atoms with van der Waals surface area (Å²) in [6.07, 6.45) is 4.64. The Hall–Kier alpha value is -0.0100. The van der Waals surface area contributed by atoms with Gasteiger partial charge in [-0.05, 0) is 83.7 Å². The van der Waals surface area contributed by atoms with Gasteiger partial charge >= 0.3 is 0 Å². The Bertz CT molecular complexity index is 659. The number of benzene rings is 2. The van der Waals surface area contributed by atoms with Gasteiger partial charge in [-0.15, -0.1) is 0 Å². The number of hydrogen-bond acceptors (Lipinski definition) is 0. The Morgan fingerprint density at radius 2 is 1.50 bits per heavy atom. The van der Waals surface area contributed by atoms with Gasteiger partial charge in [0.05, 0.1) is 0 Å². The highest BCUT2D eigenvalue weighted by Gasteiger charge is 2.07. The van der Waals surface area contributed by atoms with E-state index in [1.165, 1.54) is 12.1 Å². The van der Waals surface area contributed by atoms with Crippen molar-refractivity contribution >= 4 is 54.5 Å². The summed E-state index contributed by atoms with van der Waals surface area (Å²) in [5.74, 6) is -0.341. The van der Waals surface area contributed by atoms with Gasteiger partial charge in [0.25, 0.3) is 0 Å². The van der Waals surface area contributed by atoms with Crippen molar-refractivity contribution in [2.24, 2.45) is 0 Å². The van der Waals surface area contributed by atoms with Crippen molar-refractivity contribution in [3.63, 3.8) is 0 Å². The molecule has 0 unspecified atom stereocenters. The normalized spacial score (nSPS) is 11.0. The molecule has 0 saturated carbocycles. The quantitative estimate of drug-likeness (QED) is 0.208. The fraction of sp³-hybridized carbons (Fsp3) is 0.294. The zero-order valence-electron chi connectivity index (χ0n) is 11.8. The number of rotatable bonds is 6. The van der Waals surface area contributed by atoms with Gasteiger partial charge in [0.2, 0.25) is 0 Å². The van der Waals surface area contributed by atoms with Crippen LogP contribution in [0.4, 0.5) is 8.78 Å². The highest BCUT2D eigenvalue weighted by Crippen LogP contribution is 2.24. The van der Waals surface area contributed by atoms with Crippen LogP contribution in [0.2, 0.25) is 0 Å². The van der Waals surface area contributed by atoms with Crippen LogP contribution in [0.15, 0.2) is 39.3 Å². The van der Waals surface area contributed by atoms with Crippen LogP contribution in [-0.2, 0) is 12.8 Å². The lowest BCUT2D eigenvalue weighted by atomic mass is 10.0. The van der Waals surface area contributed by atoms with Gasteiger partial charge in [0.15, 0.2) is 0 Å². The van der Waals surface area contributed by atoms with Crippen LogP contribution in [-0.4, -0.2) is 0 Å². The first-order valence-corrected chi connectivity index (χ1v) is 9.71. The molecule has 0 radical (unpaired) electrons. The summed E-state index contributed by atoms with van der Waals surface area (Å²) in [4.78, 5) is 0. The van der Waals surface area contributed by atoms with E-state index in [0.717, 1.165) is 52.2 Å². The highest BCUT2D eigenvalue weighted by molar-refractivity contribution is 14.1. The summed E-state index contributed by atoms with van der Waals surface area (Å²) in [6.45, 7) is 0. The molecule has 2 aromatic carbocycles. The molecule has 0 aliphatic rings. The monoisotopic (exact) mass is 542 g/mol. The molecule has 118 valence electrons. The number of halogens is 5. The largest absolute Gasteiger partial charge is 0.207 e. The van der Waals surface area contributed by atoms with Crippen molar-refractivity contribution < 1.29 is 8.78 Å². The van der Waals surface area contributed by atoms with E-state index in [1.807, 2.05) is 40.8 Å². The summed E-state index contributed by atoms with van der Waals surface area (Å²) < 4.78 is 29.3. The van der Waals surface area contributed by atoms with Gasteiger partial charge in [-0.3, -0.25) is 0 Å². The molecule has 0 amide bonds. The smallest absolute Gasteiger partial charge is 0.137 e. The van der Waals surface area contributed by atoms with Crippen molar-refractivity contribution in [1.82, 2.24) is 0 Å². The third-order valence-corrected chi connectivity index (χ3v) is 5.55. The van der Waals surface area contributed by atoms with Crippen molar-refractivity contribution in [2.45, 2.75) is 32.1 Å². The Kier molecular flexibility index (Phi) is 7.28. The first kappa shape index (κ1) is 18.3. The zero-order chi connectivity index (χ0) is 16.1. The summed E-state index contributed by atoms with van der Waals surface area (Å²) >= 11 is 8.67. The SMILES string of the molecule is Fc1cc(Br)c(CCCCCc2ccc(Br)cc2F)cc1I. The topological polar surface area (TPSA) is 0 Å². The average molecular weight is 544 g/mol. The predicted molar refractivity (Wildman–Crippen MR) is 102 cm³/mol. The summed E-state index contributed by atoms with van der Waals surface area (Å²) in [5, 5.41) is 0. The van der Waals surface area contributed by atoms with Crippen LogP contribution in [0, 0.1) is 15.2 Å². The van der Waals surface area contributed by atoms with Crippen LogP contribution in [0.3, 0.4) is 0 Å². The second-order valence-electron chi connectivity index (χ2n) is 5.15. The van der Waals surface area contributed by atoms with Gasteiger partial charge in [0.1, 0.15) is 11.6 Å². The van der Waals surface area contributed by atoms with Crippen molar-refractivity contribution in [2.75, 3.05) is 0 Å². The number of unbranched alkanes of at least 4 members (excludes halogenated alkanes) is 2. The van der Waals surface area contributed by atoms with E-state index in [9.17, 15) is 8.78 Å². The zero-order valence-corrected chi connectivity index (χ0v) is 17.1. The predicted octanol–water partition coefficient (Wildman–Crippen LogP) is 7.05. The maximum atomic E-state index is 13.7. The first-order valence-electron chi connectivity index (χ1n) is 7.04.